The Kier molecular flexibility index (Phi) is 6.26. The van der Waals surface area contributed by atoms with E-state index in [9.17, 15) is 0 Å². The third-order valence-corrected chi connectivity index (χ3v) is 3.17. The maximum atomic E-state index is 5.87. The topological polar surface area (TPSA) is 18.5 Å². The first kappa shape index (κ1) is 13.0. The molecule has 0 aromatic heterocycles. The van der Waals surface area contributed by atoms with E-state index in [0.29, 0.717) is 18.1 Å². The molecular formula is C13H26O2. The number of rotatable bonds is 8. The average molecular weight is 214 g/mol. The van der Waals surface area contributed by atoms with Crippen LogP contribution < -0.4 is 0 Å². The van der Waals surface area contributed by atoms with Crippen LogP contribution in [0.15, 0.2) is 0 Å². The second-order valence-corrected chi connectivity index (χ2v) is 4.69. The Bertz CT molecular complexity index is 155. The Morgan fingerprint density at radius 1 is 1.33 bits per heavy atom. The van der Waals surface area contributed by atoms with Gasteiger partial charge in [0.2, 0.25) is 0 Å². The molecule has 15 heavy (non-hydrogen) atoms. The SMILES string of the molecule is CCCOC(CCC)CC(C)C1CCO1. The monoisotopic (exact) mass is 214 g/mol. The molecule has 1 aliphatic heterocycles. The lowest BCUT2D eigenvalue weighted by Crippen LogP contribution is -2.35. The largest absolute Gasteiger partial charge is 0.378 e. The molecule has 1 rings (SSSR count). The van der Waals surface area contributed by atoms with Crippen LogP contribution in [0, 0.1) is 5.92 Å². The van der Waals surface area contributed by atoms with Gasteiger partial charge in [0.1, 0.15) is 0 Å². The highest BCUT2D eigenvalue weighted by Crippen LogP contribution is 2.25. The van der Waals surface area contributed by atoms with E-state index in [1.165, 1.54) is 25.7 Å². The van der Waals surface area contributed by atoms with E-state index in [2.05, 4.69) is 20.8 Å². The Labute approximate surface area is 94.3 Å². The molecule has 90 valence electrons. The molecule has 0 spiro atoms. The van der Waals surface area contributed by atoms with E-state index in [1.54, 1.807) is 0 Å². The fourth-order valence-corrected chi connectivity index (χ4v) is 2.14. The molecule has 0 saturated carbocycles. The summed E-state index contributed by atoms with van der Waals surface area (Å²) >= 11 is 0. The van der Waals surface area contributed by atoms with Gasteiger partial charge in [0.25, 0.3) is 0 Å². The lowest BCUT2D eigenvalue weighted by atomic mass is 9.91. The van der Waals surface area contributed by atoms with Crippen LogP contribution in [0.1, 0.15) is 52.9 Å². The summed E-state index contributed by atoms with van der Waals surface area (Å²) in [7, 11) is 0. The molecule has 0 radical (unpaired) electrons. The van der Waals surface area contributed by atoms with Crippen molar-refractivity contribution in [2.75, 3.05) is 13.2 Å². The molecule has 1 saturated heterocycles. The van der Waals surface area contributed by atoms with Crippen molar-refractivity contribution in [2.24, 2.45) is 5.92 Å². The maximum absolute atomic E-state index is 5.87. The van der Waals surface area contributed by atoms with E-state index < -0.39 is 0 Å². The minimum absolute atomic E-state index is 0.453. The Morgan fingerprint density at radius 3 is 2.53 bits per heavy atom. The second-order valence-electron chi connectivity index (χ2n) is 4.69. The Hall–Kier alpha value is -0.0800. The summed E-state index contributed by atoms with van der Waals surface area (Å²) in [6, 6.07) is 0. The Balaban J connectivity index is 2.21. The number of hydrogen-bond acceptors (Lipinski definition) is 2. The molecule has 2 nitrogen and oxygen atoms in total. The molecule has 0 aromatic rings. The van der Waals surface area contributed by atoms with Gasteiger partial charge in [-0.1, -0.05) is 27.2 Å². The molecule has 0 N–H and O–H groups in total. The van der Waals surface area contributed by atoms with Crippen molar-refractivity contribution in [2.45, 2.75) is 65.1 Å². The van der Waals surface area contributed by atoms with Crippen LogP contribution in [0.3, 0.4) is 0 Å². The van der Waals surface area contributed by atoms with E-state index in [1.807, 2.05) is 0 Å². The van der Waals surface area contributed by atoms with E-state index >= 15 is 0 Å². The summed E-state index contributed by atoms with van der Waals surface area (Å²) in [6.07, 6.45) is 6.90. The molecule has 0 bridgehead atoms. The van der Waals surface area contributed by atoms with E-state index in [4.69, 9.17) is 9.47 Å². The van der Waals surface area contributed by atoms with Crippen molar-refractivity contribution in [3.8, 4) is 0 Å². The smallest absolute Gasteiger partial charge is 0.0623 e. The fraction of sp³-hybridized carbons (Fsp3) is 1.00. The van der Waals surface area contributed by atoms with Gasteiger partial charge in [-0.3, -0.25) is 0 Å². The molecule has 0 aromatic carbocycles. The molecule has 1 heterocycles. The molecule has 0 aliphatic carbocycles. The number of hydrogen-bond donors (Lipinski definition) is 0. The van der Waals surface area contributed by atoms with Crippen LogP contribution in [0.2, 0.25) is 0 Å². The minimum atomic E-state index is 0.453. The quantitative estimate of drug-likeness (QED) is 0.616. The van der Waals surface area contributed by atoms with Gasteiger partial charge in [0.15, 0.2) is 0 Å². The highest BCUT2D eigenvalue weighted by molar-refractivity contribution is 4.76. The lowest BCUT2D eigenvalue weighted by molar-refractivity contribution is -0.0936. The fourth-order valence-electron chi connectivity index (χ4n) is 2.14. The van der Waals surface area contributed by atoms with Gasteiger partial charge in [-0.15, -0.1) is 0 Å². The van der Waals surface area contributed by atoms with Crippen LogP contribution >= 0.6 is 0 Å². The summed E-state index contributed by atoms with van der Waals surface area (Å²) in [5.41, 5.74) is 0. The van der Waals surface area contributed by atoms with Crippen LogP contribution in [0.4, 0.5) is 0 Å². The normalized spacial score (nSPS) is 24.6. The summed E-state index contributed by atoms with van der Waals surface area (Å²) in [5, 5.41) is 0. The predicted octanol–water partition coefficient (Wildman–Crippen LogP) is 3.40. The average Bonchev–Trinajstić information content (AvgIpc) is 2.11. The summed E-state index contributed by atoms with van der Waals surface area (Å²) in [5.74, 6) is 0.659. The predicted molar refractivity (Wildman–Crippen MR) is 63.1 cm³/mol. The van der Waals surface area contributed by atoms with Gasteiger partial charge in [0.05, 0.1) is 12.2 Å². The molecule has 2 heteroatoms. The summed E-state index contributed by atoms with van der Waals surface area (Å²) in [4.78, 5) is 0. The molecule has 3 unspecified atom stereocenters. The first-order valence-corrected chi connectivity index (χ1v) is 6.51. The molecule has 1 fully saturated rings. The summed E-state index contributed by atoms with van der Waals surface area (Å²) < 4.78 is 11.4. The van der Waals surface area contributed by atoms with Crippen molar-refractivity contribution in [1.29, 1.82) is 0 Å². The summed E-state index contributed by atoms with van der Waals surface area (Å²) in [6.45, 7) is 8.56. The van der Waals surface area contributed by atoms with Crippen molar-refractivity contribution in [1.82, 2.24) is 0 Å². The Morgan fingerprint density at radius 2 is 2.07 bits per heavy atom. The first-order valence-electron chi connectivity index (χ1n) is 6.51. The highest BCUT2D eigenvalue weighted by Gasteiger charge is 2.26. The molecular weight excluding hydrogens is 188 g/mol. The van der Waals surface area contributed by atoms with Crippen LogP contribution in [0.25, 0.3) is 0 Å². The third kappa shape index (κ3) is 4.52. The second kappa shape index (κ2) is 7.24. The van der Waals surface area contributed by atoms with E-state index in [0.717, 1.165) is 19.6 Å². The van der Waals surface area contributed by atoms with Gasteiger partial charge in [-0.2, -0.15) is 0 Å². The maximum Gasteiger partial charge on any atom is 0.0623 e. The number of ether oxygens (including phenoxy) is 2. The van der Waals surface area contributed by atoms with Gasteiger partial charge >= 0.3 is 0 Å². The zero-order chi connectivity index (χ0) is 11.1. The molecule has 3 atom stereocenters. The van der Waals surface area contributed by atoms with Crippen molar-refractivity contribution in [3.05, 3.63) is 0 Å². The van der Waals surface area contributed by atoms with Gasteiger partial charge in [-0.25, -0.2) is 0 Å². The van der Waals surface area contributed by atoms with Gasteiger partial charge in [-0.05, 0) is 31.6 Å². The zero-order valence-corrected chi connectivity index (χ0v) is 10.5. The zero-order valence-electron chi connectivity index (χ0n) is 10.5. The minimum Gasteiger partial charge on any atom is -0.378 e. The third-order valence-electron chi connectivity index (χ3n) is 3.17. The van der Waals surface area contributed by atoms with Gasteiger partial charge < -0.3 is 9.47 Å². The van der Waals surface area contributed by atoms with Crippen molar-refractivity contribution < 1.29 is 9.47 Å². The van der Waals surface area contributed by atoms with Crippen LogP contribution in [-0.4, -0.2) is 25.4 Å². The standard InChI is InChI=1S/C13H26O2/c1-4-6-12(14-8-5-2)10-11(3)13-7-9-15-13/h11-13H,4-10H2,1-3H3. The van der Waals surface area contributed by atoms with Crippen molar-refractivity contribution >= 4 is 0 Å². The van der Waals surface area contributed by atoms with Crippen molar-refractivity contribution in [3.63, 3.8) is 0 Å². The van der Waals surface area contributed by atoms with Crippen LogP contribution in [0.5, 0.6) is 0 Å². The van der Waals surface area contributed by atoms with E-state index in [-0.39, 0.29) is 0 Å². The molecule has 0 amide bonds. The molecule has 1 aliphatic rings. The van der Waals surface area contributed by atoms with Crippen LogP contribution in [-0.2, 0) is 9.47 Å². The van der Waals surface area contributed by atoms with Gasteiger partial charge in [0, 0.05) is 13.2 Å². The lowest BCUT2D eigenvalue weighted by Gasteiger charge is -2.33. The first-order chi connectivity index (χ1) is 7.27. The highest BCUT2D eigenvalue weighted by atomic mass is 16.5.